The second-order valence-corrected chi connectivity index (χ2v) is 8.17. The van der Waals surface area contributed by atoms with Gasteiger partial charge in [0.1, 0.15) is 0 Å². The van der Waals surface area contributed by atoms with Gasteiger partial charge in [-0.25, -0.2) is 4.98 Å². The van der Waals surface area contributed by atoms with Crippen LogP contribution in [-0.2, 0) is 16.1 Å². The van der Waals surface area contributed by atoms with Crippen LogP contribution in [0, 0.1) is 0 Å². The summed E-state index contributed by atoms with van der Waals surface area (Å²) in [5.74, 6) is 0.127. The number of para-hydroxylation sites is 1. The highest BCUT2D eigenvalue weighted by Crippen LogP contribution is 2.25. The molecule has 0 saturated carbocycles. The second-order valence-electron chi connectivity index (χ2n) is 6.86. The number of carbonyl (C=O) groups excluding carboxylic acids is 1. The summed E-state index contributed by atoms with van der Waals surface area (Å²) in [6.07, 6.45) is 4.51. The molecule has 2 aromatic rings. The van der Waals surface area contributed by atoms with Gasteiger partial charge in [-0.15, -0.1) is 0 Å². The van der Waals surface area contributed by atoms with Crippen molar-refractivity contribution in [2.45, 2.75) is 49.6 Å². The molecule has 1 fully saturated rings. The van der Waals surface area contributed by atoms with E-state index < -0.39 is 0 Å². The van der Waals surface area contributed by atoms with Crippen LogP contribution in [0.25, 0.3) is 10.9 Å². The quantitative estimate of drug-likeness (QED) is 0.561. The number of hydrogen-bond donors (Lipinski definition) is 0. The summed E-state index contributed by atoms with van der Waals surface area (Å²) < 4.78 is 6.79. The predicted molar refractivity (Wildman–Crippen MR) is 108 cm³/mol. The van der Waals surface area contributed by atoms with Gasteiger partial charge in [0.15, 0.2) is 5.16 Å². The van der Waals surface area contributed by atoms with E-state index in [-0.39, 0.29) is 16.7 Å². The SMILES string of the molecule is COCCn1c(S[C@H](C)C(=O)N2CCCCCC2)nc2ccccc2c1=O. The molecule has 1 aliphatic heterocycles. The molecular weight excluding hydrogens is 362 g/mol. The minimum absolute atomic E-state index is 0.0884. The number of nitrogens with zero attached hydrogens (tertiary/aromatic N) is 3. The number of thioether (sulfide) groups is 1. The largest absolute Gasteiger partial charge is 0.383 e. The summed E-state index contributed by atoms with van der Waals surface area (Å²) >= 11 is 1.36. The van der Waals surface area contributed by atoms with E-state index in [4.69, 9.17) is 4.74 Å². The van der Waals surface area contributed by atoms with Gasteiger partial charge in [-0.3, -0.25) is 14.2 Å². The standard InChI is InChI=1S/C20H27N3O3S/c1-15(18(24)22-11-7-3-4-8-12-22)27-20-21-17-10-6-5-9-16(17)19(25)23(20)13-14-26-2/h5-6,9-10,15H,3-4,7-8,11-14H2,1-2H3/t15-/m1/s1. The van der Waals surface area contributed by atoms with Crippen LogP contribution in [0.1, 0.15) is 32.6 Å². The van der Waals surface area contributed by atoms with E-state index in [9.17, 15) is 9.59 Å². The molecule has 1 aromatic heterocycles. The Hall–Kier alpha value is -1.86. The van der Waals surface area contributed by atoms with Crippen LogP contribution < -0.4 is 5.56 Å². The first-order valence-corrected chi connectivity index (χ1v) is 10.4. The zero-order valence-electron chi connectivity index (χ0n) is 16.0. The molecule has 6 nitrogen and oxygen atoms in total. The number of hydrogen-bond acceptors (Lipinski definition) is 5. The van der Waals surface area contributed by atoms with Gasteiger partial charge in [0, 0.05) is 20.2 Å². The van der Waals surface area contributed by atoms with Crippen molar-refractivity contribution in [3.63, 3.8) is 0 Å². The van der Waals surface area contributed by atoms with Crippen molar-refractivity contribution < 1.29 is 9.53 Å². The van der Waals surface area contributed by atoms with E-state index in [1.807, 2.05) is 30.0 Å². The molecule has 3 rings (SSSR count). The summed E-state index contributed by atoms with van der Waals surface area (Å²) in [7, 11) is 1.61. The minimum Gasteiger partial charge on any atom is -0.383 e. The molecule has 1 amide bonds. The number of likely N-dealkylation sites (tertiary alicyclic amines) is 1. The van der Waals surface area contributed by atoms with E-state index in [1.54, 1.807) is 17.7 Å². The van der Waals surface area contributed by atoms with E-state index in [0.717, 1.165) is 25.9 Å². The number of ether oxygens (including phenoxy) is 1. The van der Waals surface area contributed by atoms with Gasteiger partial charge in [-0.2, -0.15) is 0 Å². The van der Waals surface area contributed by atoms with Crippen molar-refractivity contribution in [3.8, 4) is 0 Å². The van der Waals surface area contributed by atoms with E-state index >= 15 is 0 Å². The predicted octanol–water partition coefficient (Wildman–Crippen LogP) is 2.93. The molecule has 0 unspecified atom stereocenters. The summed E-state index contributed by atoms with van der Waals surface area (Å²) in [6, 6.07) is 7.33. The molecule has 0 N–H and O–H groups in total. The third-order valence-corrected chi connectivity index (χ3v) is 5.97. The van der Waals surface area contributed by atoms with E-state index in [2.05, 4.69) is 4.98 Å². The minimum atomic E-state index is -0.287. The summed E-state index contributed by atoms with van der Waals surface area (Å²) in [4.78, 5) is 32.4. The fourth-order valence-corrected chi connectivity index (χ4v) is 4.39. The molecular formula is C20H27N3O3S. The summed E-state index contributed by atoms with van der Waals surface area (Å²) in [5.41, 5.74) is 0.572. The highest BCUT2D eigenvalue weighted by molar-refractivity contribution is 8.00. The van der Waals surface area contributed by atoms with Crippen LogP contribution in [0.4, 0.5) is 0 Å². The first-order chi connectivity index (χ1) is 13.1. The summed E-state index contributed by atoms with van der Waals surface area (Å²) in [6.45, 7) is 4.39. The smallest absolute Gasteiger partial charge is 0.262 e. The van der Waals surface area contributed by atoms with Crippen molar-refractivity contribution in [3.05, 3.63) is 34.6 Å². The first-order valence-electron chi connectivity index (χ1n) is 9.56. The zero-order chi connectivity index (χ0) is 19.2. The van der Waals surface area contributed by atoms with Crippen LogP contribution in [-0.4, -0.2) is 52.4 Å². The average Bonchev–Trinajstić information content (AvgIpc) is 2.96. The van der Waals surface area contributed by atoms with Crippen LogP contribution in [0.5, 0.6) is 0 Å². The highest BCUT2D eigenvalue weighted by atomic mass is 32.2. The van der Waals surface area contributed by atoms with E-state index in [1.165, 1.54) is 24.6 Å². The average molecular weight is 390 g/mol. The van der Waals surface area contributed by atoms with Gasteiger partial charge in [0.05, 0.1) is 29.3 Å². The maximum absolute atomic E-state index is 12.9. The van der Waals surface area contributed by atoms with E-state index in [0.29, 0.717) is 29.2 Å². The molecule has 1 atom stereocenters. The Morgan fingerprint density at radius 2 is 1.93 bits per heavy atom. The molecule has 7 heteroatoms. The van der Waals surface area contributed by atoms with Crippen molar-refractivity contribution in [1.29, 1.82) is 0 Å². The number of fused-ring (bicyclic) bond motifs is 1. The monoisotopic (exact) mass is 389 g/mol. The summed E-state index contributed by atoms with van der Waals surface area (Å²) in [5, 5.41) is 0.876. The topological polar surface area (TPSA) is 64.4 Å². The first kappa shape index (κ1) is 19.9. The van der Waals surface area contributed by atoms with Crippen LogP contribution in [0.2, 0.25) is 0 Å². The Morgan fingerprint density at radius 3 is 2.63 bits per heavy atom. The van der Waals surface area contributed by atoms with Crippen molar-refractivity contribution >= 4 is 28.6 Å². The number of methoxy groups -OCH3 is 1. The molecule has 0 bridgehead atoms. The van der Waals surface area contributed by atoms with Gasteiger partial charge >= 0.3 is 0 Å². The molecule has 1 aromatic carbocycles. The molecule has 1 saturated heterocycles. The molecule has 146 valence electrons. The fraction of sp³-hybridized carbons (Fsp3) is 0.550. The number of benzene rings is 1. The normalized spacial score (nSPS) is 16.3. The fourth-order valence-electron chi connectivity index (χ4n) is 3.37. The zero-order valence-corrected chi connectivity index (χ0v) is 16.8. The van der Waals surface area contributed by atoms with Gasteiger partial charge in [-0.1, -0.05) is 36.7 Å². The lowest BCUT2D eigenvalue weighted by Gasteiger charge is -2.24. The van der Waals surface area contributed by atoms with Gasteiger partial charge < -0.3 is 9.64 Å². The Kier molecular flexibility index (Phi) is 6.90. The Balaban J connectivity index is 1.87. The highest BCUT2D eigenvalue weighted by Gasteiger charge is 2.24. The lowest BCUT2D eigenvalue weighted by Crippen LogP contribution is -2.37. The maximum Gasteiger partial charge on any atom is 0.262 e. The second kappa shape index (κ2) is 9.37. The number of aromatic nitrogens is 2. The van der Waals surface area contributed by atoms with Crippen molar-refractivity contribution in [2.75, 3.05) is 26.8 Å². The molecule has 27 heavy (non-hydrogen) atoms. The van der Waals surface area contributed by atoms with Gasteiger partial charge in [0.25, 0.3) is 5.56 Å². The van der Waals surface area contributed by atoms with Crippen LogP contribution in [0.3, 0.4) is 0 Å². The molecule has 1 aliphatic rings. The number of amides is 1. The Labute approximate surface area is 163 Å². The lowest BCUT2D eigenvalue weighted by molar-refractivity contribution is -0.130. The van der Waals surface area contributed by atoms with Gasteiger partial charge in [0.2, 0.25) is 5.91 Å². The molecule has 2 heterocycles. The molecule has 0 spiro atoms. The van der Waals surface area contributed by atoms with Crippen molar-refractivity contribution in [2.24, 2.45) is 0 Å². The lowest BCUT2D eigenvalue weighted by atomic mass is 10.2. The molecule has 0 radical (unpaired) electrons. The molecule has 0 aliphatic carbocycles. The van der Waals surface area contributed by atoms with Crippen molar-refractivity contribution in [1.82, 2.24) is 14.5 Å². The third kappa shape index (κ3) is 4.71. The van der Waals surface area contributed by atoms with Gasteiger partial charge in [-0.05, 0) is 31.9 Å². The maximum atomic E-state index is 12.9. The van der Waals surface area contributed by atoms with Crippen LogP contribution in [0.15, 0.2) is 34.2 Å². The van der Waals surface area contributed by atoms with Crippen LogP contribution >= 0.6 is 11.8 Å². The number of rotatable bonds is 6. The Bertz CT molecular complexity index is 844. The number of carbonyl (C=O) groups is 1. The third-order valence-electron chi connectivity index (χ3n) is 4.89. The Morgan fingerprint density at radius 1 is 1.22 bits per heavy atom.